The number of aromatic nitrogens is 2. The molecule has 0 atom stereocenters. The van der Waals surface area contributed by atoms with Gasteiger partial charge in [0.1, 0.15) is 0 Å². The fourth-order valence-electron chi connectivity index (χ4n) is 1.41. The highest BCUT2D eigenvalue weighted by atomic mass is 35.5. The normalized spacial score (nSPS) is 15.2. The van der Waals surface area contributed by atoms with Crippen LogP contribution in [-0.4, -0.2) is 42.9 Å². The average Bonchev–Trinajstić information content (AvgIpc) is 3.03. The lowest BCUT2D eigenvalue weighted by Crippen LogP contribution is -2.23. The molecule has 1 aliphatic rings. The molecule has 1 saturated carbocycles. The Kier molecular flexibility index (Phi) is 4.62. The van der Waals surface area contributed by atoms with Crippen LogP contribution in [0.2, 0.25) is 0 Å². The molecule has 17 heavy (non-hydrogen) atoms. The van der Waals surface area contributed by atoms with Gasteiger partial charge in [-0.2, -0.15) is 0 Å². The first-order valence-electron chi connectivity index (χ1n) is 5.97. The number of likely N-dealkylation sites (N-methyl/N-ethyl adjacent to an activating group) is 1. The predicted molar refractivity (Wildman–Crippen MR) is 65.5 cm³/mol. The summed E-state index contributed by atoms with van der Waals surface area (Å²) < 4.78 is 11.0. The van der Waals surface area contributed by atoms with Crippen molar-refractivity contribution >= 4 is 17.6 Å². The Bertz CT molecular complexity index is 341. The molecule has 0 radical (unpaired) electrons. The fraction of sp³-hybridized carbons (Fsp3) is 0.818. The largest absolute Gasteiger partial charge is 0.408 e. The van der Waals surface area contributed by atoms with Gasteiger partial charge in [-0.05, 0) is 18.8 Å². The van der Waals surface area contributed by atoms with Gasteiger partial charge in [0.2, 0.25) is 5.89 Å². The van der Waals surface area contributed by atoms with Gasteiger partial charge in [0.05, 0.1) is 6.61 Å². The summed E-state index contributed by atoms with van der Waals surface area (Å²) >= 11 is 5.60. The monoisotopic (exact) mass is 259 g/mol. The lowest BCUT2D eigenvalue weighted by molar-refractivity contribution is 0.130. The molecule has 0 N–H and O–H groups in total. The number of rotatable bonds is 8. The van der Waals surface area contributed by atoms with E-state index in [1.807, 2.05) is 11.9 Å². The number of hydrogen-bond acceptors (Lipinski definition) is 5. The maximum Gasteiger partial charge on any atom is 0.317 e. The van der Waals surface area contributed by atoms with E-state index in [0.29, 0.717) is 30.8 Å². The van der Waals surface area contributed by atoms with Crippen molar-refractivity contribution in [2.45, 2.75) is 19.3 Å². The van der Waals surface area contributed by atoms with E-state index in [4.69, 9.17) is 20.8 Å². The molecule has 96 valence electrons. The van der Waals surface area contributed by atoms with Gasteiger partial charge < -0.3 is 14.1 Å². The number of anilines is 1. The number of aryl methyl sites for hydroxylation is 1. The first-order chi connectivity index (χ1) is 8.29. The predicted octanol–water partition coefficient (Wildman–Crippen LogP) is 1.71. The van der Waals surface area contributed by atoms with Crippen molar-refractivity contribution in [1.29, 1.82) is 0 Å². The summed E-state index contributed by atoms with van der Waals surface area (Å²) in [7, 11) is 1.92. The van der Waals surface area contributed by atoms with E-state index < -0.39 is 0 Å². The third kappa shape index (κ3) is 4.16. The molecule has 0 spiro atoms. The summed E-state index contributed by atoms with van der Waals surface area (Å²) in [6.45, 7) is 2.34. The van der Waals surface area contributed by atoms with Crippen LogP contribution in [0.1, 0.15) is 18.7 Å². The maximum atomic E-state index is 5.60. The summed E-state index contributed by atoms with van der Waals surface area (Å²) in [5.74, 6) is 1.88. The number of alkyl halides is 1. The van der Waals surface area contributed by atoms with Crippen LogP contribution in [0, 0.1) is 5.92 Å². The van der Waals surface area contributed by atoms with Gasteiger partial charge >= 0.3 is 6.01 Å². The molecule has 1 aromatic rings. The summed E-state index contributed by atoms with van der Waals surface area (Å²) in [5, 5.41) is 7.87. The van der Waals surface area contributed by atoms with Crippen LogP contribution < -0.4 is 4.90 Å². The molecule has 0 aromatic carbocycles. The summed E-state index contributed by atoms with van der Waals surface area (Å²) in [5.41, 5.74) is 0. The van der Waals surface area contributed by atoms with Crippen LogP contribution in [0.3, 0.4) is 0 Å². The third-order valence-electron chi connectivity index (χ3n) is 2.71. The Morgan fingerprint density at radius 2 is 2.29 bits per heavy atom. The van der Waals surface area contributed by atoms with Crippen molar-refractivity contribution in [3.63, 3.8) is 0 Å². The van der Waals surface area contributed by atoms with E-state index in [-0.39, 0.29) is 0 Å². The molecule has 0 bridgehead atoms. The average molecular weight is 260 g/mol. The maximum absolute atomic E-state index is 5.60. The van der Waals surface area contributed by atoms with Crippen molar-refractivity contribution in [3.8, 4) is 0 Å². The molecule has 1 aromatic heterocycles. The van der Waals surface area contributed by atoms with E-state index >= 15 is 0 Å². The van der Waals surface area contributed by atoms with Crippen LogP contribution in [0.5, 0.6) is 0 Å². The van der Waals surface area contributed by atoms with Crippen molar-refractivity contribution in [2.75, 3.05) is 37.6 Å². The highest BCUT2D eigenvalue weighted by Crippen LogP contribution is 2.28. The highest BCUT2D eigenvalue weighted by Gasteiger charge is 2.21. The number of ether oxygens (including phenoxy) is 1. The van der Waals surface area contributed by atoms with Crippen LogP contribution >= 0.6 is 11.6 Å². The SMILES string of the molecule is CN(CCOCC1CC1)c1nnc(CCCl)o1. The van der Waals surface area contributed by atoms with E-state index in [2.05, 4.69) is 10.2 Å². The Morgan fingerprint density at radius 1 is 1.47 bits per heavy atom. The third-order valence-corrected chi connectivity index (χ3v) is 2.90. The first-order valence-corrected chi connectivity index (χ1v) is 6.50. The Labute approximate surface area is 106 Å². The lowest BCUT2D eigenvalue weighted by Gasteiger charge is -2.13. The van der Waals surface area contributed by atoms with Gasteiger partial charge in [0, 0.05) is 32.5 Å². The molecule has 1 heterocycles. The Morgan fingerprint density at radius 3 is 3.00 bits per heavy atom. The van der Waals surface area contributed by atoms with Crippen LogP contribution in [-0.2, 0) is 11.2 Å². The van der Waals surface area contributed by atoms with Crippen molar-refractivity contribution in [2.24, 2.45) is 5.92 Å². The fourth-order valence-corrected chi connectivity index (χ4v) is 1.57. The second kappa shape index (κ2) is 6.21. The van der Waals surface area contributed by atoms with Crippen molar-refractivity contribution in [3.05, 3.63) is 5.89 Å². The molecular weight excluding hydrogens is 242 g/mol. The van der Waals surface area contributed by atoms with Gasteiger partial charge in [-0.1, -0.05) is 5.10 Å². The topological polar surface area (TPSA) is 51.4 Å². The lowest BCUT2D eigenvalue weighted by atomic mass is 10.5. The molecule has 1 aliphatic carbocycles. The van der Waals surface area contributed by atoms with Gasteiger partial charge in [0.25, 0.3) is 0 Å². The van der Waals surface area contributed by atoms with Gasteiger partial charge in [-0.15, -0.1) is 16.7 Å². The summed E-state index contributed by atoms with van der Waals surface area (Å²) in [6.07, 6.45) is 3.25. The Balaban J connectivity index is 1.67. The minimum absolute atomic E-state index is 0.496. The summed E-state index contributed by atoms with van der Waals surface area (Å²) in [6, 6.07) is 0.528. The number of nitrogens with zero attached hydrogens (tertiary/aromatic N) is 3. The molecule has 2 rings (SSSR count). The van der Waals surface area contributed by atoms with E-state index in [1.165, 1.54) is 12.8 Å². The second-order valence-corrected chi connectivity index (χ2v) is 4.74. The molecular formula is C11H18ClN3O2. The van der Waals surface area contributed by atoms with Gasteiger partial charge in [0.15, 0.2) is 0 Å². The molecule has 1 fully saturated rings. The quantitative estimate of drug-likeness (QED) is 0.526. The van der Waals surface area contributed by atoms with Crippen LogP contribution in [0.25, 0.3) is 0 Å². The van der Waals surface area contributed by atoms with Crippen LogP contribution in [0.15, 0.2) is 4.42 Å². The molecule has 5 nitrogen and oxygen atoms in total. The molecule has 0 unspecified atom stereocenters. The number of hydrogen-bond donors (Lipinski definition) is 0. The zero-order valence-corrected chi connectivity index (χ0v) is 10.8. The molecule has 0 saturated heterocycles. The van der Waals surface area contributed by atoms with Gasteiger partial charge in [-0.25, -0.2) is 0 Å². The van der Waals surface area contributed by atoms with Gasteiger partial charge in [-0.3, -0.25) is 0 Å². The first kappa shape index (κ1) is 12.6. The standard InChI is InChI=1S/C11H18ClN3O2/c1-15(6-7-16-8-9-2-3-9)11-14-13-10(17-11)4-5-12/h9H,2-8H2,1H3. The minimum atomic E-state index is 0.496. The Hall–Kier alpha value is -0.810. The van der Waals surface area contributed by atoms with Crippen LogP contribution in [0.4, 0.5) is 6.01 Å². The smallest absolute Gasteiger partial charge is 0.317 e. The van der Waals surface area contributed by atoms with E-state index in [1.54, 1.807) is 0 Å². The molecule has 0 aliphatic heterocycles. The van der Waals surface area contributed by atoms with E-state index in [0.717, 1.165) is 19.1 Å². The molecule has 0 amide bonds. The zero-order valence-electron chi connectivity index (χ0n) is 10.1. The summed E-state index contributed by atoms with van der Waals surface area (Å²) in [4.78, 5) is 1.90. The van der Waals surface area contributed by atoms with E-state index in [9.17, 15) is 0 Å². The van der Waals surface area contributed by atoms with Crippen molar-refractivity contribution < 1.29 is 9.15 Å². The minimum Gasteiger partial charge on any atom is -0.408 e. The molecule has 6 heteroatoms. The second-order valence-electron chi connectivity index (χ2n) is 4.36. The number of halogens is 1. The zero-order chi connectivity index (χ0) is 12.1. The highest BCUT2D eigenvalue weighted by molar-refractivity contribution is 6.17. The van der Waals surface area contributed by atoms with Crippen molar-refractivity contribution in [1.82, 2.24) is 10.2 Å².